The largest absolute Gasteiger partial charge is 0.314 e. The molecule has 1 rings (SSSR count). The molecule has 20 heavy (non-hydrogen) atoms. The molecular weight excluding hydrogens is 270 g/mol. The van der Waals surface area contributed by atoms with Gasteiger partial charge in [-0.2, -0.15) is 0 Å². The second-order valence-electron chi connectivity index (χ2n) is 6.34. The van der Waals surface area contributed by atoms with Crippen LogP contribution in [0, 0.1) is 0 Å². The van der Waals surface area contributed by atoms with E-state index >= 15 is 0 Å². The molecular formula is C16H27NO2S. The third kappa shape index (κ3) is 4.91. The molecule has 0 saturated carbocycles. The van der Waals surface area contributed by atoms with E-state index in [1.54, 1.807) is 12.1 Å². The molecule has 1 aromatic carbocycles. The van der Waals surface area contributed by atoms with Crippen LogP contribution in [-0.4, -0.2) is 26.8 Å². The van der Waals surface area contributed by atoms with Gasteiger partial charge >= 0.3 is 0 Å². The first-order valence-corrected chi connectivity index (χ1v) is 8.88. The predicted molar refractivity (Wildman–Crippen MR) is 85.0 cm³/mol. The highest BCUT2D eigenvalue weighted by molar-refractivity contribution is 7.91. The van der Waals surface area contributed by atoms with Crippen molar-refractivity contribution in [1.82, 2.24) is 5.32 Å². The number of hydrogen-bond acceptors (Lipinski definition) is 3. The molecule has 0 heterocycles. The maximum atomic E-state index is 12.3. The number of sulfone groups is 1. The van der Waals surface area contributed by atoms with Gasteiger partial charge in [-0.25, -0.2) is 8.42 Å². The summed E-state index contributed by atoms with van der Waals surface area (Å²) >= 11 is 0. The van der Waals surface area contributed by atoms with Crippen molar-refractivity contribution in [3.05, 3.63) is 29.8 Å². The zero-order chi connectivity index (χ0) is 15.4. The normalized spacial score (nSPS) is 14.2. The summed E-state index contributed by atoms with van der Waals surface area (Å²) in [6.07, 6.45) is 0.636. The van der Waals surface area contributed by atoms with Crippen molar-refractivity contribution in [2.45, 2.75) is 57.4 Å². The summed E-state index contributed by atoms with van der Waals surface area (Å²) in [5, 5.41) is 3.23. The number of benzene rings is 1. The zero-order valence-electron chi connectivity index (χ0n) is 13.2. The third-order valence-electron chi connectivity index (χ3n) is 3.45. The molecule has 1 aromatic rings. The lowest BCUT2D eigenvalue weighted by atomic mass is 9.87. The number of hydrogen-bond donors (Lipinski definition) is 1. The fourth-order valence-electron chi connectivity index (χ4n) is 2.06. The monoisotopic (exact) mass is 297 g/mol. The lowest BCUT2D eigenvalue weighted by Gasteiger charge is -2.19. The second kappa shape index (κ2) is 6.72. The molecule has 0 aliphatic carbocycles. The van der Waals surface area contributed by atoms with Gasteiger partial charge in [-0.3, -0.25) is 0 Å². The summed E-state index contributed by atoms with van der Waals surface area (Å²) in [6.45, 7) is 11.3. The van der Waals surface area contributed by atoms with Crippen LogP contribution >= 0.6 is 0 Å². The van der Waals surface area contributed by atoms with E-state index in [2.05, 4.69) is 26.1 Å². The van der Waals surface area contributed by atoms with Crippen molar-refractivity contribution in [1.29, 1.82) is 0 Å². The van der Waals surface area contributed by atoms with Gasteiger partial charge in [0.15, 0.2) is 9.84 Å². The molecule has 0 radical (unpaired) electrons. The molecule has 114 valence electrons. The average Bonchev–Trinajstić information content (AvgIpc) is 2.36. The molecule has 1 N–H and O–H groups in total. The first-order chi connectivity index (χ1) is 9.16. The number of nitrogens with one attached hydrogen (secondary N) is 1. The molecule has 0 bridgehead atoms. The van der Waals surface area contributed by atoms with E-state index in [1.165, 1.54) is 0 Å². The van der Waals surface area contributed by atoms with Crippen LogP contribution in [0.25, 0.3) is 0 Å². The summed E-state index contributed by atoms with van der Waals surface area (Å²) in [7, 11) is -3.18. The van der Waals surface area contributed by atoms with E-state index < -0.39 is 9.84 Å². The second-order valence-corrected chi connectivity index (χ2v) is 8.45. The van der Waals surface area contributed by atoms with E-state index in [4.69, 9.17) is 0 Å². The third-order valence-corrected chi connectivity index (χ3v) is 5.22. The van der Waals surface area contributed by atoms with Crippen molar-refractivity contribution in [2.75, 3.05) is 12.3 Å². The Morgan fingerprint density at radius 1 is 1.15 bits per heavy atom. The Morgan fingerprint density at radius 3 is 2.15 bits per heavy atom. The van der Waals surface area contributed by atoms with Gasteiger partial charge in [0, 0.05) is 6.04 Å². The Kier molecular flexibility index (Phi) is 5.78. The van der Waals surface area contributed by atoms with Crippen LogP contribution in [0.3, 0.4) is 0 Å². The Balaban J connectivity index is 2.78. The van der Waals surface area contributed by atoms with Gasteiger partial charge in [-0.15, -0.1) is 0 Å². The van der Waals surface area contributed by atoms with Gasteiger partial charge < -0.3 is 5.32 Å². The van der Waals surface area contributed by atoms with Crippen LogP contribution in [0.4, 0.5) is 0 Å². The van der Waals surface area contributed by atoms with E-state index in [1.807, 2.05) is 26.0 Å². The smallest absolute Gasteiger partial charge is 0.178 e. The fraction of sp³-hybridized carbons (Fsp3) is 0.625. The molecule has 1 unspecified atom stereocenters. The standard InChI is InChI=1S/C16H27NO2S/c1-6-17-13(2)11-12-20(18,19)15-9-7-14(8-10-15)16(3,4)5/h7-10,13,17H,6,11-12H2,1-5H3. The fourth-order valence-corrected chi connectivity index (χ4v) is 3.51. The van der Waals surface area contributed by atoms with E-state index in [0.29, 0.717) is 11.3 Å². The first kappa shape index (κ1) is 17.2. The molecule has 4 heteroatoms. The molecule has 1 atom stereocenters. The van der Waals surface area contributed by atoms with Gasteiger partial charge in [0.2, 0.25) is 0 Å². The Labute approximate surface area is 123 Å². The zero-order valence-corrected chi connectivity index (χ0v) is 14.0. The minimum absolute atomic E-state index is 0.0435. The summed E-state index contributed by atoms with van der Waals surface area (Å²) in [5.74, 6) is 0.191. The van der Waals surface area contributed by atoms with Crippen molar-refractivity contribution in [3.8, 4) is 0 Å². The highest BCUT2D eigenvalue weighted by Crippen LogP contribution is 2.24. The van der Waals surface area contributed by atoms with E-state index in [9.17, 15) is 8.42 Å². The van der Waals surface area contributed by atoms with Crippen LogP contribution in [0.15, 0.2) is 29.2 Å². The van der Waals surface area contributed by atoms with E-state index in [0.717, 1.165) is 12.1 Å². The van der Waals surface area contributed by atoms with Crippen LogP contribution in [0.1, 0.15) is 46.6 Å². The topological polar surface area (TPSA) is 46.2 Å². The molecule has 0 aliphatic rings. The Morgan fingerprint density at radius 2 is 1.70 bits per heavy atom. The van der Waals surface area contributed by atoms with Crippen molar-refractivity contribution < 1.29 is 8.42 Å². The maximum absolute atomic E-state index is 12.3. The molecule has 0 amide bonds. The molecule has 3 nitrogen and oxygen atoms in total. The van der Waals surface area contributed by atoms with Gasteiger partial charge in [-0.05, 0) is 43.0 Å². The lowest BCUT2D eigenvalue weighted by molar-refractivity contribution is 0.541. The van der Waals surface area contributed by atoms with Gasteiger partial charge in [0.1, 0.15) is 0 Å². The van der Waals surface area contributed by atoms with Crippen molar-refractivity contribution in [3.63, 3.8) is 0 Å². The molecule has 0 aliphatic heterocycles. The number of rotatable bonds is 6. The molecule has 0 spiro atoms. The first-order valence-electron chi connectivity index (χ1n) is 7.23. The molecule has 0 saturated heterocycles. The molecule has 0 aromatic heterocycles. The quantitative estimate of drug-likeness (QED) is 0.877. The SMILES string of the molecule is CCNC(C)CCS(=O)(=O)c1ccc(C(C)(C)C)cc1. The van der Waals surface area contributed by atoms with Crippen molar-refractivity contribution >= 4 is 9.84 Å². The van der Waals surface area contributed by atoms with Gasteiger partial charge in [-0.1, -0.05) is 39.8 Å². The van der Waals surface area contributed by atoms with Gasteiger partial charge in [0.25, 0.3) is 0 Å². The summed E-state index contributed by atoms with van der Waals surface area (Å²) in [5.41, 5.74) is 1.19. The van der Waals surface area contributed by atoms with Crippen LogP contribution in [0.5, 0.6) is 0 Å². The van der Waals surface area contributed by atoms with Crippen LogP contribution in [0.2, 0.25) is 0 Å². The van der Waals surface area contributed by atoms with Gasteiger partial charge in [0.05, 0.1) is 10.6 Å². The highest BCUT2D eigenvalue weighted by Gasteiger charge is 2.18. The van der Waals surface area contributed by atoms with Crippen LogP contribution in [-0.2, 0) is 15.3 Å². The average molecular weight is 297 g/mol. The minimum Gasteiger partial charge on any atom is -0.314 e. The maximum Gasteiger partial charge on any atom is 0.178 e. The molecule has 0 fully saturated rings. The highest BCUT2D eigenvalue weighted by atomic mass is 32.2. The Hall–Kier alpha value is -0.870. The lowest BCUT2D eigenvalue weighted by Crippen LogP contribution is -2.27. The summed E-state index contributed by atoms with van der Waals surface area (Å²) < 4.78 is 24.5. The predicted octanol–water partition coefficient (Wildman–Crippen LogP) is 3.15. The minimum atomic E-state index is -3.18. The van der Waals surface area contributed by atoms with Crippen molar-refractivity contribution in [2.24, 2.45) is 0 Å². The summed E-state index contributed by atoms with van der Waals surface area (Å²) in [6, 6.07) is 7.52. The van der Waals surface area contributed by atoms with E-state index in [-0.39, 0.29) is 17.2 Å². The Bertz CT molecular complexity index is 512. The summed E-state index contributed by atoms with van der Waals surface area (Å²) in [4.78, 5) is 0.425. The van der Waals surface area contributed by atoms with Crippen LogP contribution < -0.4 is 5.32 Å².